The number of nitrogens with zero attached hydrogens (tertiary/aromatic N) is 1. The number of para-hydroxylation sites is 1. The van der Waals surface area contributed by atoms with E-state index in [-0.39, 0.29) is 28.6 Å². The van der Waals surface area contributed by atoms with Gasteiger partial charge in [-0.3, -0.25) is 15.1 Å². The maximum Gasteiger partial charge on any atom is 0.418 e. The highest BCUT2D eigenvalue weighted by atomic mass is 19.4. The molecule has 9 nitrogen and oxygen atoms in total. The molecule has 1 fully saturated rings. The first-order valence-corrected chi connectivity index (χ1v) is 12.4. The number of rotatable bonds is 6. The van der Waals surface area contributed by atoms with Crippen molar-refractivity contribution in [2.45, 2.75) is 19.0 Å². The second-order valence-electron chi connectivity index (χ2n) is 8.70. The summed E-state index contributed by atoms with van der Waals surface area (Å²) >= 11 is 0. The van der Waals surface area contributed by atoms with Crippen molar-refractivity contribution in [1.29, 1.82) is 0 Å². The zero-order valence-electron chi connectivity index (χ0n) is 21.9. The van der Waals surface area contributed by atoms with E-state index in [1.165, 1.54) is 62.5 Å². The Balaban J connectivity index is 0.000000699. The van der Waals surface area contributed by atoms with Crippen LogP contribution in [0.15, 0.2) is 72.9 Å². The quantitative estimate of drug-likeness (QED) is 0.270. The van der Waals surface area contributed by atoms with E-state index in [1.807, 2.05) is 0 Å². The van der Waals surface area contributed by atoms with Gasteiger partial charge in [0.05, 0.1) is 29.4 Å². The van der Waals surface area contributed by atoms with E-state index in [4.69, 9.17) is 24.7 Å². The lowest BCUT2D eigenvalue weighted by atomic mass is 10.1. The Bertz CT molecular complexity index is 1520. The fraction of sp³-hybridized carbons (Fsp3) is 0.207. The topological polar surface area (TPSA) is 122 Å². The molecule has 2 heterocycles. The predicted octanol–water partition coefficient (Wildman–Crippen LogP) is 6.56. The van der Waals surface area contributed by atoms with Gasteiger partial charge in [0.25, 0.3) is 5.91 Å². The van der Waals surface area contributed by atoms with Crippen LogP contribution in [0.1, 0.15) is 28.8 Å². The normalized spacial score (nSPS) is 12.7. The number of hydrogen-bond acceptors (Lipinski definition) is 7. The number of nitrogens with one attached hydrogen (secondary N) is 1. The number of alkyl halides is 3. The van der Waals surface area contributed by atoms with Gasteiger partial charge in [-0.05, 0) is 55.3 Å². The second-order valence-corrected chi connectivity index (χ2v) is 8.70. The minimum absolute atomic E-state index is 0.0512. The van der Waals surface area contributed by atoms with Gasteiger partial charge < -0.3 is 24.7 Å². The molecular formula is C29H26F3N3O6. The fourth-order valence-electron chi connectivity index (χ4n) is 3.90. The molecule has 5 rings (SSSR count). The van der Waals surface area contributed by atoms with Gasteiger partial charge >= 0.3 is 12.3 Å². The Hall–Kier alpha value is -4.84. The number of benzene rings is 3. The number of nitrogens with two attached hydrogens (primary N) is 1. The first-order valence-electron chi connectivity index (χ1n) is 12.4. The molecule has 2 amide bonds. The lowest BCUT2D eigenvalue weighted by Gasteiger charge is -2.16. The summed E-state index contributed by atoms with van der Waals surface area (Å²) in [5, 5.41) is 2.43. The largest absolute Gasteiger partial charge is 0.496 e. The summed E-state index contributed by atoms with van der Waals surface area (Å²) in [7, 11) is 1.36. The Morgan fingerprint density at radius 2 is 1.68 bits per heavy atom. The number of aromatic nitrogens is 1. The third-order valence-corrected chi connectivity index (χ3v) is 5.83. The molecule has 0 atom stereocenters. The first-order chi connectivity index (χ1) is 19.7. The molecule has 1 aromatic heterocycles. The van der Waals surface area contributed by atoms with E-state index in [2.05, 4.69) is 10.3 Å². The summed E-state index contributed by atoms with van der Waals surface area (Å²) in [5.41, 5.74) is 4.16. The maximum atomic E-state index is 13.8. The van der Waals surface area contributed by atoms with Gasteiger partial charge in [0.1, 0.15) is 23.0 Å². The van der Waals surface area contributed by atoms with Gasteiger partial charge in [-0.25, -0.2) is 4.79 Å². The van der Waals surface area contributed by atoms with Crippen molar-refractivity contribution in [3.8, 4) is 23.0 Å². The van der Waals surface area contributed by atoms with Crippen LogP contribution < -0.4 is 25.3 Å². The van der Waals surface area contributed by atoms with E-state index in [1.54, 1.807) is 18.2 Å². The highest BCUT2D eigenvalue weighted by Gasteiger charge is 2.35. The molecule has 3 aromatic carbocycles. The average Bonchev–Trinajstić information content (AvgIpc) is 3.54. The summed E-state index contributed by atoms with van der Waals surface area (Å²) in [6.45, 7) is 2.00. The van der Waals surface area contributed by atoms with Gasteiger partial charge in [-0.1, -0.05) is 18.2 Å². The Labute approximate surface area is 233 Å². The number of ether oxygens (including phenoxy) is 4. The van der Waals surface area contributed by atoms with Crippen LogP contribution in [0.2, 0.25) is 0 Å². The molecule has 4 aromatic rings. The smallest absolute Gasteiger partial charge is 0.418 e. The molecule has 0 aliphatic carbocycles. The molecule has 0 radical (unpaired) electrons. The summed E-state index contributed by atoms with van der Waals surface area (Å²) in [6.07, 6.45) is -1.96. The van der Waals surface area contributed by atoms with Crippen molar-refractivity contribution in [2.24, 2.45) is 5.73 Å². The fourth-order valence-corrected chi connectivity index (χ4v) is 3.90. The Kier molecular flexibility index (Phi) is 9.25. The predicted molar refractivity (Wildman–Crippen MR) is 144 cm³/mol. The second kappa shape index (κ2) is 13.0. The summed E-state index contributed by atoms with van der Waals surface area (Å²) in [6, 6.07) is 15.2. The van der Waals surface area contributed by atoms with Gasteiger partial charge in [0.15, 0.2) is 0 Å². The van der Waals surface area contributed by atoms with E-state index in [0.717, 1.165) is 25.3 Å². The molecule has 1 aliphatic heterocycles. The van der Waals surface area contributed by atoms with Crippen molar-refractivity contribution in [2.75, 3.05) is 25.6 Å². The van der Waals surface area contributed by atoms with Gasteiger partial charge in [0, 0.05) is 30.9 Å². The Morgan fingerprint density at radius 3 is 2.29 bits per heavy atom. The van der Waals surface area contributed by atoms with Crippen molar-refractivity contribution >= 4 is 28.6 Å². The van der Waals surface area contributed by atoms with E-state index >= 15 is 0 Å². The van der Waals surface area contributed by atoms with Gasteiger partial charge in [-0.15, -0.1) is 0 Å². The van der Waals surface area contributed by atoms with E-state index in [0.29, 0.717) is 10.9 Å². The van der Waals surface area contributed by atoms with Crippen molar-refractivity contribution in [1.82, 2.24) is 4.98 Å². The number of carbonyl (C=O) groups is 2. The molecule has 0 bridgehead atoms. The number of fused-ring (bicyclic) bond motifs is 1. The number of carbonyl (C=O) groups excluding carboxylic acids is 2. The molecule has 41 heavy (non-hydrogen) atoms. The standard InChI is InChI=1S/C25H18F3N3O5.C4H8O/c1-34-22-13-20-16(12-17(22)23(29)32)21(9-10-30-20)35-15-7-8-19(18(11-15)25(26,27)28)31-24(33)36-14-5-3-2-4-6-14;1-2-4-5-3-1/h2-13H,1H3,(H2,29,32)(H,31,33);1-4H2. The van der Waals surface area contributed by atoms with E-state index in [9.17, 15) is 22.8 Å². The SMILES string of the molecule is C1CCOC1.COc1cc2nccc(Oc3ccc(NC(=O)Oc4ccccc4)c(C(F)(F)F)c3)c2cc1C(N)=O. The van der Waals surface area contributed by atoms with Gasteiger partial charge in [-0.2, -0.15) is 13.2 Å². The molecule has 0 unspecified atom stereocenters. The average molecular weight is 570 g/mol. The minimum atomic E-state index is -4.82. The highest BCUT2D eigenvalue weighted by Crippen LogP contribution is 2.39. The minimum Gasteiger partial charge on any atom is -0.496 e. The third-order valence-electron chi connectivity index (χ3n) is 5.83. The van der Waals surface area contributed by atoms with Crippen LogP contribution in [0.4, 0.5) is 23.7 Å². The highest BCUT2D eigenvalue weighted by molar-refractivity contribution is 6.01. The molecule has 3 N–H and O–H groups in total. The summed E-state index contributed by atoms with van der Waals surface area (Å²) < 4.78 is 62.2. The number of primary amides is 1. The molecule has 0 saturated carbocycles. The van der Waals surface area contributed by atoms with Crippen LogP contribution in [0.5, 0.6) is 23.0 Å². The molecule has 1 aliphatic rings. The number of pyridine rings is 1. The van der Waals surface area contributed by atoms with E-state index < -0.39 is 29.4 Å². The number of halogens is 3. The van der Waals surface area contributed by atoms with Gasteiger partial charge in [0.2, 0.25) is 0 Å². The summed E-state index contributed by atoms with van der Waals surface area (Å²) in [4.78, 5) is 28.1. The zero-order valence-corrected chi connectivity index (χ0v) is 21.9. The number of anilines is 1. The zero-order chi connectivity index (χ0) is 29.4. The first kappa shape index (κ1) is 29.2. The lowest BCUT2D eigenvalue weighted by molar-refractivity contribution is -0.137. The van der Waals surface area contributed by atoms with Crippen molar-refractivity contribution in [3.63, 3.8) is 0 Å². The van der Waals surface area contributed by atoms with Crippen LogP contribution >= 0.6 is 0 Å². The number of amides is 2. The number of methoxy groups -OCH3 is 1. The van der Waals surface area contributed by atoms with Crippen LogP contribution in [0, 0.1) is 0 Å². The van der Waals surface area contributed by atoms with Crippen LogP contribution in [0.25, 0.3) is 10.9 Å². The lowest BCUT2D eigenvalue weighted by Crippen LogP contribution is -2.20. The van der Waals surface area contributed by atoms with Crippen LogP contribution in [-0.2, 0) is 10.9 Å². The van der Waals surface area contributed by atoms with Crippen molar-refractivity contribution in [3.05, 3.63) is 84.1 Å². The molecule has 214 valence electrons. The van der Waals surface area contributed by atoms with Crippen LogP contribution in [-0.4, -0.2) is 37.3 Å². The monoisotopic (exact) mass is 569 g/mol. The number of hydrogen-bond donors (Lipinski definition) is 2. The van der Waals surface area contributed by atoms with Crippen molar-refractivity contribution < 1.29 is 41.7 Å². The maximum absolute atomic E-state index is 13.8. The van der Waals surface area contributed by atoms with Crippen LogP contribution in [0.3, 0.4) is 0 Å². The molecular weight excluding hydrogens is 543 g/mol. The molecule has 1 saturated heterocycles. The third kappa shape index (κ3) is 7.63. The Morgan fingerprint density at radius 1 is 0.951 bits per heavy atom. The molecule has 0 spiro atoms. The molecule has 12 heteroatoms. The summed E-state index contributed by atoms with van der Waals surface area (Å²) in [5.74, 6) is -0.451.